The van der Waals surface area contributed by atoms with E-state index in [1.165, 1.54) is 12.1 Å². The Morgan fingerprint density at radius 3 is 2.68 bits per heavy atom. The molecule has 1 aromatic heterocycles. The smallest absolute Gasteiger partial charge is 0.369 e. The number of para-hydroxylation sites is 1. The van der Waals surface area contributed by atoms with Crippen LogP contribution in [0.1, 0.15) is 33.8 Å². The molecule has 1 saturated heterocycles. The van der Waals surface area contributed by atoms with Crippen molar-refractivity contribution in [1.82, 2.24) is 10.5 Å². The number of anilines is 1. The highest BCUT2D eigenvalue weighted by atomic mass is 19.4. The number of carbonyl (C=O) groups is 1. The number of benzene rings is 1. The minimum absolute atomic E-state index is 0.143. The fourth-order valence-electron chi connectivity index (χ4n) is 3.15. The van der Waals surface area contributed by atoms with Crippen molar-refractivity contribution in [2.45, 2.75) is 32.5 Å². The SMILES string of the molecule is Cc1noc(C)c1C(=O)NC1CCN(c2ccccc2C(F)(F)F)C1. The molecule has 1 atom stereocenters. The van der Waals surface area contributed by atoms with Gasteiger partial charge in [0.15, 0.2) is 0 Å². The highest BCUT2D eigenvalue weighted by molar-refractivity contribution is 5.96. The summed E-state index contributed by atoms with van der Waals surface area (Å²) in [5, 5.41) is 6.60. The molecule has 0 saturated carbocycles. The van der Waals surface area contributed by atoms with Crippen LogP contribution in [0.3, 0.4) is 0 Å². The molecule has 1 aromatic carbocycles. The number of nitrogens with zero attached hydrogens (tertiary/aromatic N) is 2. The molecule has 134 valence electrons. The number of nitrogens with one attached hydrogen (secondary N) is 1. The van der Waals surface area contributed by atoms with Crippen molar-refractivity contribution in [3.05, 3.63) is 46.8 Å². The van der Waals surface area contributed by atoms with Crippen LogP contribution >= 0.6 is 0 Å². The number of halogens is 3. The Morgan fingerprint density at radius 1 is 1.32 bits per heavy atom. The lowest BCUT2D eigenvalue weighted by Crippen LogP contribution is -2.37. The van der Waals surface area contributed by atoms with Gasteiger partial charge in [-0.3, -0.25) is 4.79 Å². The van der Waals surface area contributed by atoms with Gasteiger partial charge < -0.3 is 14.7 Å². The molecular weight excluding hydrogens is 335 g/mol. The minimum atomic E-state index is -4.41. The van der Waals surface area contributed by atoms with Crippen LogP contribution < -0.4 is 10.2 Å². The Bertz CT molecular complexity index is 766. The number of rotatable bonds is 3. The first-order valence-electron chi connectivity index (χ1n) is 7.92. The molecule has 1 fully saturated rings. The molecule has 8 heteroatoms. The molecule has 5 nitrogen and oxygen atoms in total. The van der Waals surface area contributed by atoms with Gasteiger partial charge >= 0.3 is 6.18 Å². The first-order chi connectivity index (χ1) is 11.8. The van der Waals surface area contributed by atoms with Gasteiger partial charge in [-0.15, -0.1) is 0 Å². The van der Waals surface area contributed by atoms with Crippen LogP contribution in [0.2, 0.25) is 0 Å². The van der Waals surface area contributed by atoms with Gasteiger partial charge in [0.2, 0.25) is 0 Å². The number of amides is 1. The summed E-state index contributed by atoms with van der Waals surface area (Å²) in [7, 11) is 0. The zero-order valence-corrected chi connectivity index (χ0v) is 13.9. The Morgan fingerprint density at radius 2 is 2.04 bits per heavy atom. The van der Waals surface area contributed by atoms with E-state index in [4.69, 9.17) is 4.52 Å². The normalized spacial score (nSPS) is 17.8. The predicted molar refractivity (Wildman–Crippen MR) is 85.5 cm³/mol. The van der Waals surface area contributed by atoms with Crippen molar-refractivity contribution in [2.24, 2.45) is 0 Å². The molecule has 2 heterocycles. The van der Waals surface area contributed by atoms with Crippen LogP contribution in [0, 0.1) is 13.8 Å². The molecule has 1 N–H and O–H groups in total. The summed E-state index contributed by atoms with van der Waals surface area (Å²) < 4.78 is 44.5. The average Bonchev–Trinajstić information content (AvgIpc) is 3.13. The highest BCUT2D eigenvalue weighted by Gasteiger charge is 2.36. The van der Waals surface area contributed by atoms with Gasteiger partial charge in [-0.1, -0.05) is 17.3 Å². The molecule has 3 rings (SSSR count). The topological polar surface area (TPSA) is 58.4 Å². The summed E-state index contributed by atoms with van der Waals surface area (Å²) in [5.41, 5.74) is 0.359. The molecule has 0 bridgehead atoms. The van der Waals surface area contributed by atoms with Crippen molar-refractivity contribution < 1.29 is 22.5 Å². The van der Waals surface area contributed by atoms with E-state index in [1.807, 2.05) is 0 Å². The zero-order chi connectivity index (χ0) is 18.2. The lowest BCUT2D eigenvalue weighted by Gasteiger charge is -2.23. The number of aryl methyl sites for hydroxylation is 2. The van der Waals surface area contributed by atoms with Crippen molar-refractivity contribution >= 4 is 11.6 Å². The monoisotopic (exact) mass is 353 g/mol. The maximum atomic E-state index is 13.2. The van der Waals surface area contributed by atoms with Crippen LogP contribution in [0.4, 0.5) is 18.9 Å². The first-order valence-corrected chi connectivity index (χ1v) is 7.92. The van der Waals surface area contributed by atoms with Gasteiger partial charge in [0.05, 0.1) is 11.3 Å². The second kappa shape index (κ2) is 6.42. The molecule has 0 aliphatic carbocycles. The number of alkyl halides is 3. The summed E-state index contributed by atoms with van der Waals surface area (Å²) in [6, 6.07) is 5.26. The van der Waals surface area contributed by atoms with Gasteiger partial charge in [-0.25, -0.2) is 0 Å². The van der Waals surface area contributed by atoms with E-state index in [-0.39, 0.29) is 17.6 Å². The van der Waals surface area contributed by atoms with Crippen LogP contribution in [0.5, 0.6) is 0 Å². The van der Waals surface area contributed by atoms with E-state index in [1.54, 1.807) is 24.8 Å². The standard InChI is InChI=1S/C17H18F3N3O2/c1-10-15(11(2)25-22-10)16(24)21-12-7-8-23(9-12)14-6-4-3-5-13(14)17(18,19)20/h3-6,12H,7-9H2,1-2H3,(H,21,24). The van der Waals surface area contributed by atoms with E-state index in [0.717, 1.165) is 6.07 Å². The molecule has 1 unspecified atom stereocenters. The molecular formula is C17H18F3N3O2. The summed E-state index contributed by atoms with van der Waals surface area (Å²) in [5.74, 6) is 0.111. The van der Waals surface area contributed by atoms with Gasteiger partial charge in [0.1, 0.15) is 11.3 Å². The second-order valence-corrected chi connectivity index (χ2v) is 6.12. The Labute approximate surface area is 142 Å². The number of hydrogen-bond donors (Lipinski definition) is 1. The summed E-state index contributed by atoms with van der Waals surface area (Å²) in [4.78, 5) is 14.0. The molecule has 1 aliphatic heterocycles. The highest BCUT2D eigenvalue weighted by Crippen LogP contribution is 2.37. The maximum Gasteiger partial charge on any atom is 0.418 e. The van der Waals surface area contributed by atoms with Crippen molar-refractivity contribution in [2.75, 3.05) is 18.0 Å². The lowest BCUT2D eigenvalue weighted by atomic mass is 10.1. The molecule has 0 spiro atoms. The van der Waals surface area contributed by atoms with Crippen LogP contribution in [-0.4, -0.2) is 30.2 Å². The van der Waals surface area contributed by atoms with Crippen molar-refractivity contribution in [3.63, 3.8) is 0 Å². The van der Waals surface area contributed by atoms with Gasteiger partial charge in [0.25, 0.3) is 5.91 Å². The Hall–Kier alpha value is -2.51. The molecule has 1 amide bonds. The quantitative estimate of drug-likeness (QED) is 0.920. The van der Waals surface area contributed by atoms with Crippen molar-refractivity contribution in [1.29, 1.82) is 0 Å². The molecule has 2 aromatic rings. The second-order valence-electron chi connectivity index (χ2n) is 6.12. The first kappa shape index (κ1) is 17.3. The number of aromatic nitrogens is 1. The lowest BCUT2D eigenvalue weighted by molar-refractivity contribution is -0.137. The number of carbonyl (C=O) groups excluding carboxylic acids is 1. The van der Waals surface area contributed by atoms with Crippen LogP contribution in [0.25, 0.3) is 0 Å². The van der Waals surface area contributed by atoms with E-state index < -0.39 is 11.7 Å². The Kier molecular flexibility index (Phi) is 4.45. The number of hydrogen-bond acceptors (Lipinski definition) is 4. The fraction of sp³-hybridized carbons (Fsp3) is 0.412. The van der Waals surface area contributed by atoms with Crippen LogP contribution in [-0.2, 0) is 6.18 Å². The fourth-order valence-corrected chi connectivity index (χ4v) is 3.15. The van der Waals surface area contributed by atoms with E-state index >= 15 is 0 Å². The van der Waals surface area contributed by atoms with Crippen molar-refractivity contribution in [3.8, 4) is 0 Å². The predicted octanol–water partition coefficient (Wildman–Crippen LogP) is 3.32. The molecule has 1 aliphatic rings. The van der Waals surface area contributed by atoms with Crippen LogP contribution in [0.15, 0.2) is 28.8 Å². The van der Waals surface area contributed by atoms with Gasteiger partial charge in [-0.05, 0) is 32.4 Å². The van der Waals surface area contributed by atoms with E-state index in [2.05, 4.69) is 10.5 Å². The summed E-state index contributed by atoms with van der Waals surface area (Å²) in [6.07, 6.45) is -3.84. The third-order valence-electron chi connectivity index (χ3n) is 4.33. The summed E-state index contributed by atoms with van der Waals surface area (Å²) >= 11 is 0. The average molecular weight is 353 g/mol. The largest absolute Gasteiger partial charge is 0.418 e. The third kappa shape index (κ3) is 3.47. The third-order valence-corrected chi connectivity index (χ3v) is 4.33. The summed E-state index contributed by atoms with van der Waals surface area (Å²) in [6.45, 7) is 4.09. The molecule has 25 heavy (non-hydrogen) atoms. The van der Waals surface area contributed by atoms with Gasteiger partial charge in [0, 0.05) is 24.8 Å². The maximum absolute atomic E-state index is 13.2. The Balaban J connectivity index is 1.72. The van der Waals surface area contributed by atoms with E-state index in [0.29, 0.717) is 36.5 Å². The van der Waals surface area contributed by atoms with E-state index in [9.17, 15) is 18.0 Å². The minimum Gasteiger partial charge on any atom is -0.369 e. The zero-order valence-electron chi connectivity index (χ0n) is 13.9. The van der Waals surface area contributed by atoms with Gasteiger partial charge in [-0.2, -0.15) is 13.2 Å². The molecule has 0 radical (unpaired) electrons.